The highest BCUT2D eigenvalue weighted by Crippen LogP contribution is 2.34. The third kappa shape index (κ3) is 3.09. The molecule has 7 nitrogen and oxygen atoms in total. The van der Waals surface area contributed by atoms with Gasteiger partial charge in [0.2, 0.25) is 5.78 Å². The van der Waals surface area contributed by atoms with Crippen LogP contribution in [0.25, 0.3) is 22.2 Å². The molecule has 0 amide bonds. The van der Waals surface area contributed by atoms with Crippen LogP contribution in [-0.4, -0.2) is 25.0 Å². The molecule has 0 aliphatic rings. The molecule has 0 atom stereocenters. The minimum Gasteiger partial charge on any atom is -0.507 e. The normalized spacial score (nSPS) is 11.2. The van der Waals surface area contributed by atoms with E-state index in [1.165, 1.54) is 30.8 Å². The number of H-pyrrole nitrogens is 1. The third-order valence-corrected chi connectivity index (χ3v) is 5.72. The molecule has 0 aliphatic heterocycles. The Hall–Kier alpha value is -3.10. The molecule has 0 saturated heterocycles. The number of fused-ring (bicyclic) bond motifs is 1. The maximum atomic E-state index is 13.4. The highest BCUT2D eigenvalue weighted by Gasteiger charge is 2.26. The molecule has 4 aromatic rings. The number of rotatable bonds is 3. The first-order chi connectivity index (χ1) is 14.2. The highest BCUT2D eigenvalue weighted by atomic mass is 79.9. The number of hydrogen-bond acceptors (Lipinski definition) is 4. The first-order valence-electron chi connectivity index (χ1n) is 8.81. The molecule has 0 fully saturated rings. The van der Waals surface area contributed by atoms with Crippen LogP contribution in [0.15, 0.2) is 56.5 Å². The number of carbonyl (C=O) groups is 1. The number of phenolic OH excluding ortho intramolecular Hbond substituents is 1. The molecule has 0 aliphatic carbocycles. The maximum absolute atomic E-state index is 13.4. The lowest BCUT2D eigenvalue weighted by atomic mass is 9.98. The van der Waals surface area contributed by atoms with Crippen molar-refractivity contribution in [2.24, 2.45) is 14.1 Å². The van der Waals surface area contributed by atoms with Gasteiger partial charge in [0.15, 0.2) is 0 Å². The van der Waals surface area contributed by atoms with Gasteiger partial charge >= 0.3 is 5.69 Å². The van der Waals surface area contributed by atoms with Crippen molar-refractivity contribution >= 4 is 44.3 Å². The standard InChI is InChI=1S/C21H15BrClN3O4/c1-25-19-16(20(29)26(2)21(25)30)15(10-3-6-12(23)7-4-10)17(24-19)18(28)13-9-11(22)5-8-14(13)27/h3-9,24,27H,1-2H3. The molecule has 2 aromatic heterocycles. The molecule has 0 unspecified atom stereocenters. The van der Waals surface area contributed by atoms with Crippen LogP contribution in [0.1, 0.15) is 16.1 Å². The van der Waals surface area contributed by atoms with Gasteiger partial charge < -0.3 is 10.1 Å². The summed E-state index contributed by atoms with van der Waals surface area (Å²) in [5.41, 5.74) is 0.187. The second-order valence-corrected chi connectivity index (χ2v) is 8.15. The zero-order valence-corrected chi connectivity index (χ0v) is 18.2. The molecule has 0 bridgehead atoms. The van der Waals surface area contributed by atoms with Crippen molar-refractivity contribution in [1.29, 1.82) is 0 Å². The van der Waals surface area contributed by atoms with Crippen molar-refractivity contribution in [2.45, 2.75) is 0 Å². The number of nitrogens with zero attached hydrogens (tertiary/aromatic N) is 2. The molecule has 0 saturated carbocycles. The Morgan fingerprint density at radius 2 is 1.73 bits per heavy atom. The number of aromatic hydroxyl groups is 1. The van der Waals surface area contributed by atoms with Gasteiger partial charge in [-0.2, -0.15) is 0 Å². The van der Waals surface area contributed by atoms with Crippen LogP contribution in [0.5, 0.6) is 5.75 Å². The number of aromatic amines is 1. The van der Waals surface area contributed by atoms with Crippen molar-refractivity contribution in [3.63, 3.8) is 0 Å². The number of halogens is 2. The Morgan fingerprint density at radius 3 is 2.40 bits per heavy atom. The van der Waals surface area contributed by atoms with Gasteiger partial charge in [-0.3, -0.25) is 18.7 Å². The molecule has 2 N–H and O–H groups in total. The predicted molar refractivity (Wildman–Crippen MR) is 118 cm³/mol. The van der Waals surface area contributed by atoms with Gasteiger partial charge in [-0.05, 0) is 35.9 Å². The quantitative estimate of drug-likeness (QED) is 0.431. The second-order valence-electron chi connectivity index (χ2n) is 6.80. The Bertz CT molecular complexity index is 1450. The predicted octanol–water partition coefficient (Wildman–Crippen LogP) is 3.58. The van der Waals surface area contributed by atoms with E-state index < -0.39 is 17.0 Å². The first-order valence-corrected chi connectivity index (χ1v) is 9.98. The largest absolute Gasteiger partial charge is 0.507 e. The second kappa shape index (κ2) is 7.30. The summed E-state index contributed by atoms with van der Waals surface area (Å²) in [6, 6.07) is 11.2. The van der Waals surface area contributed by atoms with Crippen LogP contribution in [0, 0.1) is 0 Å². The van der Waals surface area contributed by atoms with E-state index in [0.29, 0.717) is 20.6 Å². The van der Waals surface area contributed by atoms with E-state index in [2.05, 4.69) is 20.9 Å². The molecule has 2 aromatic carbocycles. The molecule has 4 rings (SSSR count). The van der Waals surface area contributed by atoms with E-state index >= 15 is 0 Å². The number of hydrogen-bond donors (Lipinski definition) is 2. The average molecular weight is 489 g/mol. The van der Waals surface area contributed by atoms with Gasteiger partial charge in [0.1, 0.15) is 11.4 Å². The minimum atomic E-state index is -0.535. The fourth-order valence-corrected chi connectivity index (χ4v) is 3.91. The Balaban J connectivity index is 2.14. The molecule has 9 heteroatoms. The first kappa shape index (κ1) is 20.2. The summed E-state index contributed by atoms with van der Waals surface area (Å²) in [6.45, 7) is 0. The van der Waals surface area contributed by atoms with E-state index in [0.717, 1.165) is 4.57 Å². The van der Waals surface area contributed by atoms with Gasteiger partial charge in [0, 0.05) is 29.2 Å². The summed E-state index contributed by atoms with van der Waals surface area (Å²) in [4.78, 5) is 41.7. The third-order valence-electron chi connectivity index (χ3n) is 4.97. The Kier molecular flexibility index (Phi) is 4.91. The van der Waals surface area contributed by atoms with Crippen molar-refractivity contribution < 1.29 is 9.90 Å². The fraction of sp³-hybridized carbons (Fsp3) is 0.0952. The van der Waals surface area contributed by atoms with Gasteiger partial charge in [0.25, 0.3) is 5.56 Å². The lowest BCUT2D eigenvalue weighted by molar-refractivity contribution is 0.103. The summed E-state index contributed by atoms with van der Waals surface area (Å²) in [5, 5.41) is 10.9. The number of ketones is 1. The van der Waals surface area contributed by atoms with E-state index in [4.69, 9.17) is 11.6 Å². The van der Waals surface area contributed by atoms with Crippen LogP contribution in [0.2, 0.25) is 5.02 Å². The molecular weight excluding hydrogens is 474 g/mol. The summed E-state index contributed by atoms with van der Waals surface area (Å²) < 4.78 is 2.87. The van der Waals surface area contributed by atoms with Crippen molar-refractivity contribution in [3.8, 4) is 16.9 Å². The van der Waals surface area contributed by atoms with Crippen LogP contribution >= 0.6 is 27.5 Å². The number of benzene rings is 2. The van der Waals surface area contributed by atoms with Crippen LogP contribution in [-0.2, 0) is 14.1 Å². The van der Waals surface area contributed by atoms with Crippen molar-refractivity contribution in [3.05, 3.63) is 84.1 Å². The molecule has 0 spiro atoms. The zero-order valence-electron chi connectivity index (χ0n) is 15.9. The molecule has 30 heavy (non-hydrogen) atoms. The highest BCUT2D eigenvalue weighted by molar-refractivity contribution is 9.10. The smallest absolute Gasteiger partial charge is 0.332 e. The fourth-order valence-electron chi connectivity index (χ4n) is 3.42. The molecule has 2 heterocycles. The Morgan fingerprint density at radius 1 is 1.07 bits per heavy atom. The maximum Gasteiger partial charge on any atom is 0.332 e. The van der Waals surface area contributed by atoms with Crippen molar-refractivity contribution in [2.75, 3.05) is 0 Å². The Labute approximate surface area is 183 Å². The molecular formula is C21H15BrClN3O4. The van der Waals surface area contributed by atoms with E-state index in [9.17, 15) is 19.5 Å². The SMILES string of the molecule is Cn1c(=O)c2c(-c3ccc(Cl)cc3)c(C(=O)c3cc(Br)ccc3O)[nH]c2n(C)c1=O. The number of nitrogens with one attached hydrogen (secondary N) is 1. The topological polar surface area (TPSA) is 97.1 Å². The zero-order chi connectivity index (χ0) is 21.7. The van der Waals surface area contributed by atoms with Crippen molar-refractivity contribution in [1.82, 2.24) is 14.1 Å². The monoisotopic (exact) mass is 487 g/mol. The van der Waals surface area contributed by atoms with Crippen LogP contribution in [0.3, 0.4) is 0 Å². The summed E-state index contributed by atoms with van der Waals surface area (Å²) >= 11 is 9.30. The van der Waals surface area contributed by atoms with E-state index in [-0.39, 0.29) is 28.0 Å². The van der Waals surface area contributed by atoms with E-state index in [1.807, 2.05) is 0 Å². The van der Waals surface area contributed by atoms with Gasteiger partial charge in [-0.25, -0.2) is 4.79 Å². The number of phenols is 1. The summed E-state index contributed by atoms with van der Waals surface area (Å²) in [6.07, 6.45) is 0. The van der Waals surface area contributed by atoms with Crippen LogP contribution in [0.4, 0.5) is 0 Å². The van der Waals surface area contributed by atoms with E-state index in [1.54, 1.807) is 30.3 Å². The van der Waals surface area contributed by atoms with Crippen LogP contribution < -0.4 is 11.2 Å². The van der Waals surface area contributed by atoms with Gasteiger partial charge in [0.05, 0.1) is 16.6 Å². The minimum absolute atomic E-state index is 0.0490. The van der Waals surface area contributed by atoms with Gasteiger partial charge in [-0.1, -0.05) is 39.7 Å². The lowest BCUT2D eigenvalue weighted by Gasteiger charge is -2.07. The summed E-state index contributed by atoms with van der Waals surface area (Å²) in [5.74, 6) is -0.727. The number of aryl methyl sites for hydroxylation is 1. The lowest BCUT2D eigenvalue weighted by Crippen LogP contribution is -2.36. The number of aromatic nitrogens is 3. The number of carbonyl (C=O) groups excluding carboxylic acids is 1. The molecule has 152 valence electrons. The summed E-state index contributed by atoms with van der Waals surface area (Å²) in [7, 11) is 2.89. The van der Waals surface area contributed by atoms with Gasteiger partial charge in [-0.15, -0.1) is 0 Å². The molecule has 0 radical (unpaired) electrons. The average Bonchev–Trinajstić information content (AvgIpc) is 3.13.